The van der Waals surface area contributed by atoms with Crippen molar-refractivity contribution in [1.82, 2.24) is 10.2 Å². The average molecular weight is 522 g/mol. The molecule has 9 heteroatoms. The molecule has 35 heavy (non-hydrogen) atoms. The molecular weight excluding hydrogens is 486 g/mol. The summed E-state index contributed by atoms with van der Waals surface area (Å²) in [4.78, 5) is 27.6. The van der Waals surface area contributed by atoms with Crippen molar-refractivity contribution in [2.75, 3.05) is 17.1 Å². The minimum Gasteiger partial charge on any atom is -0.352 e. The van der Waals surface area contributed by atoms with E-state index in [2.05, 4.69) is 5.32 Å². The third-order valence-electron chi connectivity index (χ3n) is 5.79. The summed E-state index contributed by atoms with van der Waals surface area (Å²) >= 11 is 6.11. The Hall–Kier alpha value is -2.58. The minimum atomic E-state index is -3.59. The standard InChI is InChI=1S/C26H36ClN3O4S/c1-18(2)28-26(32)21(5)29(17-22-11-8-7-10-19(22)3)25(31)12-9-15-30(35(6,33)34)24-16-23(27)14-13-20(24)4/h7-8,10-11,13-14,16,18,21H,9,12,15,17H2,1-6H3,(H,28,32)/t21-/m1/s1. The number of carbonyl (C=O) groups excluding carboxylic acids is 2. The van der Waals surface area contributed by atoms with E-state index >= 15 is 0 Å². The molecule has 2 aromatic rings. The van der Waals surface area contributed by atoms with Crippen LogP contribution in [0, 0.1) is 13.8 Å². The number of carbonyl (C=O) groups is 2. The van der Waals surface area contributed by atoms with Crippen LogP contribution in [0.4, 0.5) is 5.69 Å². The molecule has 0 bridgehead atoms. The molecule has 2 amide bonds. The zero-order valence-corrected chi connectivity index (χ0v) is 22.9. The van der Waals surface area contributed by atoms with Crippen molar-refractivity contribution >= 4 is 39.1 Å². The van der Waals surface area contributed by atoms with Crippen LogP contribution in [0.1, 0.15) is 50.3 Å². The zero-order valence-electron chi connectivity index (χ0n) is 21.3. The normalized spacial score (nSPS) is 12.3. The topological polar surface area (TPSA) is 86.8 Å². The van der Waals surface area contributed by atoms with Crippen molar-refractivity contribution in [3.63, 3.8) is 0 Å². The lowest BCUT2D eigenvalue weighted by Crippen LogP contribution is -2.49. The number of nitrogens with zero attached hydrogens (tertiary/aromatic N) is 2. The Kier molecular flexibility index (Phi) is 10.2. The van der Waals surface area contributed by atoms with E-state index in [9.17, 15) is 18.0 Å². The summed E-state index contributed by atoms with van der Waals surface area (Å²) in [7, 11) is -3.59. The molecule has 0 aliphatic heterocycles. The Morgan fingerprint density at radius 1 is 1.03 bits per heavy atom. The third-order valence-corrected chi connectivity index (χ3v) is 7.21. The van der Waals surface area contributed by atoms with Gasteiger partial charge in [-0.25, -0.2) is 8.42 Å². The number of amides is 2. The Morgan fingerprint density at radius 3 is 2.29 bits per heavy atom. The first-order valence-corrected chi connectivity index (χ1v) is 13.9. The SMILES string of the molecule is Cc1ccccc1CN(C(=O)CCCN(c1cc(Cl)ccc1C)S(C)(=O)=O)[C@H](C)C(=O)NC(C)C. The van der Waals surface area contributed by atoms with Gasteiger partial charge in [0.05, 0.1) is 11.9 Å². The van der Waals surface area contributed by atoms with Crippen molar-refractivity contribution in [3.05, 3.63) is 64.2 Å². The van der Waals surface area contributed by atoms with Crippen LogP contribution in [-0.2, 0) is 26.2 Å². The van der Waals surface area contributed by atoms with Crippen molar-refractivity contribution in [1.29, 1.82) is 0 Å². The molecule has 1 N–H and O–H groups in total. The van der Waals surface area contributed by atoms with E-state index in [1.165, 1.54) is 4.31 Å². The molecule has 2 aromatic carbocycles. The van der Waals surface area contributed by atoms with Gasteiger partial charge in [-0.05, 0) is 69.9 Å². The number of hydrogen-bond donors (Lipinski definition) is 1. The van der Waals surface area contributed by atoms with Crippen molar-refractivity contribution < 1.29 is 18.0 Å². The summed E-state index contributed by atoms with van der Waals surface area (Å²) in [5.41, 5.74) is 3.25. The molecular formula is C26H36ClN3O4S. The van der Waals surface area contributed by atoms with Crippen LogP contribution in [0.2, 0.25) is 5.02 Å². The number of aryl methyl sites for hydroxylation is 2. The van der Waals surface area contributed by atoms with Gasteiger partial charge < -0.3 is 10.2 Å². The van der Waals surface area contributed by atoms with E-state index in [-0.39, 0.29) is 30.8 Å². The van der Waals surface area contributed by atoms with Crippen LogP contribution >= 0.6 is 11.6 Å². The van der Waals surface area contributed by atoms with Crippen LogP contribution in [0.15, 0.2) is 42.5 Å². The molecule has 0 saturated heterocycles. The maximum atomic E-state index is 13.3. The van der Waals surface area contributed by atoms with E-state index in [1.54, 1.807) is 30.0 Å². The van der Waals surface area contributed by atoms with Gasteiger partial charge in [-0.1, -0.05) is 41.9 Å². The summed E-state index contributed by atoms with van der Waals surface area (Å²) in [5.74, 6) is -0.440. The monoisotopic (exact) mass is 521 g/mol. The van der Waals surface area contributed by atoms with Gasteiger partial charge in [-0.3, -0.25) is 13.9 Å². The average Bonchev–Trinajstić information content (AvgIpc) is 2.76. The van der Waals surface area contributed by atoms with Crippen LogP contribution in [0.3, 0.4) is 0 Å². The molecule has 1 atom stereocenters. The fourth-order valence-electron chi connectivity index (χ4n) is 3.79. The summed E-state index contributed by atoms with van der Waals surface area (Å²) < 4.78 is 26.3. The third kappa shape index (κ3) is 8.25. The molecule has 0 heterocycles. The van der Waals surface area contributed by atoms with Gasteiger partial charge in [0.25, 0.3) is 0 Å². The number of hydrogen-bond acceptors (Lipinski definition) is 4. The van der Waals surface area contributed by atoms with E-state index < -0.39 is 16.1 Å². The largest absolute Gasteiger partial charge is 0.352 e. The molecule has 7 nitrogen and oxygen atoms in total. The maximum Gasteiger partial charge on any atom is 0.242 e. The van der Waals surface area contributed by atoms with E-state index in [0.29, 0.717) is 23.7 Å². The number of sulfonamides is 1. The summed E-state index contributed by atoms with van der Waals surface area (Å²) in [6, 6.07) is 12.1. The van der Waals surface area contributed by atoms with E-state index in [1.807, 2.05) is 52.0 Å². The lowest BCUT2D eigenvalue weighted by atomic mass is 10.1. The summed E-state index contributed by atoms with van der Waals surface area (Å²) in [5, 5.41) is 3.31. The molecule has 2 rings (SSSR count). The van der Waals surface area contributed by atoms with Gasteiger partial charge in [-0.2, -0.15) is 0 Å². The molecule has 192 valence electrons. The first-order valence-electron chi connectivity index (χ1n) is 11.7. The van der Waals surface area contributed by atoms with Crippen molar-refractivity contribution in [2.45, 2.75) is 66.1 Å². The lowest BCUT2D eigenvalue weighted by molar-refractivity contribution is -0.140. The molecule has 0 spiro atoms. The fourth-order valence-corrected chi connectivity index (χ4v) is 4.97. The Morgan fingerprint density at radius 2 is 1.69 bits per heavy atom. The highest BCUT2D eigenvalue weighted by molar-refractivity contribution is 7.92. The van der Waals surface area contributed by atoms with Crippen LogP contribution in [-0.4, -0.2) is 50.0 Å². The second kappa shape index (κ2) is 12.4. The van der Waals surface area contributed by atoms with E-state index in [0.717, 1.165) is 22.9 Å². The first kappa shape index (κ1) is 28.7. The van der Waals surface area contributed by atoms with Gasteiger partial charge in [0.2, 0.25) is 21.8 Å². The highest BCUT2D eigenvalue weighted by Crippen LogP contribution is 2.27. The Labute approximate surface area is 214 Å². The van der Waals surface area contributed by atoms with Gasteiger partial charge >= 0.3 is 0 Å². The number of rotatable bonds is 11. The maximum absolute atomic E-state index is 13.3. The fraction of sp³-hybridized carbons (Fsp3) is 0.462. The number of nitrogens with one attached hydrogen (secondary N) is 1. The van der Waals surface area contributed by atoms with Gasteiger partial charge in [0.1, 0.15) is 6.04 Å². The number of benzene rings is 2. The quantitative estimate of drug-likeness (QED) is 0.473. The van der Waals surface area contributed by atoms with Gasteiger partial charge in [-0.15, -0.1) is 0 Å². The van der Waals surface area contributed by atoms with E-state index in [4.69, 9.17) is 11.6 Å². The number of halogens is 1. The first-order chi connectivity index (χ1) is 16.3. The highest BCUT2D eigenvalue weighted by Gasteiger charge is 2.27. The number of anilines is 1. The Balaban J connectivity index is 2.22. The summed E-state index contributed by atoms with van der Waals surface area (Å²) in [6.07, 6.45) is 1.52. The smallest absolute Gasteiger partial charge is 0.242 e. The molecule has 0 saturated carbocycles. The second-order valence-corrected chi connectivity index (χ2v) is 11.5. The van der Waals surface area contributed by atoms with Crippen LogP contribution in [0.5, 0.6) is 0 Å². The van der Waals surface area contributed by atoms with Crippen LogP contribution in [0.25, 0.3) is 0 Å². The summed E-state index contributed by atoms with van der Waals surface area (Å²) in [6.45, 7) is 9.65. The second-order valence-electron chi connectivity index (χ2n) is 9.16. The molecule has 0 aliphatic carbocycles. The molecule has 0 radical (unpaired) electrons. The molecule has 0 aromatic heterocycles. The molecule has 0 aliphatic rings. The Bertz CT molecular complexity index is 1150. The molecule has 0 unspecified atom stereocenters. The minimum absolute atomic E-state index is 0.0513. The molecule has 0 fully saturated rings. The zero-order chi connectivity index (χ0) is 26.3. The van der Waals surface area contributed by atoms with Crippen molar-refractivity contribution in [3.8, 4) is 0 Å². The lowest BCUT2D eigenvalue weighted by Gasteiger charge is -2.30. The predicted molar refractivity (Wildman–Crippen MR) is 142 cm³/mol. The van der Waals surface area contributed by atoms with Gasteiger partial charge in [0.15, 0.2) is 0 Å². The van der Waals surface area contributed by atoms with Crippen LogP contribution < -0.4 is 9.62 Å². The predicted octanol–water partition coefficient (Wildman–Crippen LogP) is 4.44. The highest BCUT2D eigenvalue weighted by atomic mass is 35.5. The van der Waals surface area contributed by atoms with Crippen molar-refractivity contribution in [2.24, 2.45) is 0 Å². The van der Waals surface area contributed by atoms with Gasteiger partial charge in [0, 0.05) is 30.6 Å².